The van der Waals surface area contributed by atoms with E-state index in [0.29, 0.717) is 25.4 Å². The van der Waals surface area contributed by atoms with E-state index in [1.807, 2.05) is 13.0 Å². The summed E-state index contributed by atoms with van der Waals surface area (Å²) in [5.74, 6) is 0.400. The molecule has 0 aromatic carbocycles. The Morgan fingerprint density at radius 1 is 1.50 bits per heavy atom. The van der Waals surface area contributed by atoms with Gasteiger partial charge in [-0.25, -0.2) is 4.98 Å². The number of hydrogen-bond acceptors (Lipinski definition) is 5. The highest BCUT2D eigenvalue weighted by Gasteiger charge is 2.27. The van der Waals surface area contributed by atoms with Gasteiger partial charge in [-0.3, -0.25) is 0 Å². The Hall–Kier alpha value is -1.17. The van der Waals surface area contributed by atoms with E-state index in [1.54, 1.807) is 20.2 Å². The number of pyridine rings is 1. The third-order valence-corrected chi connectivity index (χ3v) is 3.00. The van der Waals surface area contributed by atoms with Crippen LogP contribution in [0.4, 0.5) is 5.82 Å². The van der Waals surface area contributed by atoms with Gasteiger partial charge in [0.2, 0.25) is 0 Å². The van der Waals surface area contributed by atoms with Gasteiger partial charge in [-0.05, 0) is 38.4 Å². The number of aromatic nitrogens is 1. The molecule has 1 rings (SSSR count). The molecule has 0 spiro atoms. The molecule has 0 aliphatic heterocycles. The molecule has 5 nitrogen and oxygen atoms in total. The van der Waals surface area contributed by atoms with Crippen molar-refractivity contribution < 1.29 is 9.84 Å². The molecule has 0 saturated carbocycles. The minimum atomic E-state index is -0.970. The fourth-order valence-electron chi connectivity index (χ4n) is 2.04. The summed E-state index contributed by atoms with van der Waals surface area (Å²) in [5, 5.41) is 13.7. The smallest absolute Gasteiger partial charge is 0.129 e. The first-order chi connectivity index (χ1) is 8.49. The van der Waals surface area contributed by atoms with Crippen LogP contribution in [0.3, 0.4) is 0 Å². The quantitative estimate of drug-likeness (QED) is 0.626. The zero-order chi connectivity index (χ0) is 13.6. The molecule has 1 atom stereocenters. The summed E-state index contributed by atoms with van der Waals surface area (Å²) in [6.07, 6.45) is 2.23. The molecule has 1 aromatic heterocycles. The second-order valence-corrected chi connectivity index (χ2v) is 4.65. The van der Waals surface area contributed by atoms with Crippen LogP contribution < -0.4 is 11.1 Å². The van der Waals surface area contributed by atoms with Gasteiger partial charge in [-0.2, -0.15) is 0 Å². The van der Waals surface area contributed by atoms with Gasteiger partial charge in [-0.1, -0.05) is 0 Å². The summed E-state index contributed by atoms with van der Waals surface area (Å²) in [4.78, 5) is 4.04. The molecular formula is C13H23N3O2. The Bertz CT molecular complexity index is 360. The zero-order valence-corrected chi connectivity index (χ0v) is 11.4. The van der Waals surface area contributed by atoms with Crippen molar-refractivity contribution in [3.63, 3.8) is 0 Å². The number of nitrogens with two attached hydrogens (primary N) is 1. The van der Waals surface area contributed by atoms with Crippen molar-refractivity contribution in [2.45, 2.75) is 25.9 Å². The number of methoxy groups -OCH3 is 1. The maximum absolute atomic E-state index is 10.5. The highest BCUT2D eigenvalue weighted by Crippen LogP contribution is 2.30. The van der Waals surface area contributed by atoms with Gasteiger partial charge < -0.3 is 20.9 Å². The van der Waals surface area contributed by atoms with Gasteiger partial charge in [0, 0.05) is 25.4 Å². The highest BCUT2D eigenvalue weighted by molar-refractivity contribution is 5.47. The van der Waals surface area contributed by atoms with E-state index < -0.39 is 5.60 Å². The van der Waals surface area contributed by atoms with Crippen molar-refractivity contribution in [2.75, 3.05) is 32.5 Å². The predicted octanol–water partition coefficient (Wildman–Crippen LogP) is 0.806. The van der Waals surface area contributed by atoms with Crippen molar-refractivity contribution in [2.24, 2.45) is 0 Å². The first kappa shape index (κ1) is 14.9. The lowest BCUT2D eigenvalue weighted by Gasteiger charge is -2.26. The maximum Gasteiger partial charge on any atom is 0.129 e. The number of nitrogen functional groups attached to an aromatic ring is 1. The van der Waals surface area contributed by atoms with Crippen molar-refractivity contribution >= 4 is 5.82 Å². The lowest BCUT2D eigenvalue weighted by molar-refractivity contribution is 0.0474. The van der Waals surface area contributed by atoms with Crippen molar-refractivity contribution in [1.29, 1.82) is 0 Å². The van der Waals surface area contributed by atoms with Crippen molar-refractivity contribution in [1.82, 2.24) is 10.3 Å². The van der Waals surface area contributed by atoms with Gasteiger partial charge in [0.15, 0.2) is 0 Å². The van der Waals surface area contributed by atoms with E-state index in [9.17, 15) is 5.11 Å². The molecule has 0 radical (unpaired) electrons. The number of nitrogens with zero attached hydrogens (tertiary/aromatic N) is 1. The van der Waals surface area contributed by atoms with E-state index in [-0.39, 0.29) is 0 Å². The van der Waals surface area contributed by atoms with Crippen LogP contribution in [0.2, 0.25) is 0 Å². The Morgan fingerprint density at radius 3 is 2.83 bits per heavy atom. The predicted molar refractivity (Wildman–Crippen MR) is 72.3 cm³/mol. The zero-order valence-electron chi connectivity index (χ0n) is 11.4. The van der Waals surface area contributed by atoms with Crippen LogP contribution >= 0.6 is 0 Å². The van der Waals surface area contributed by atoms with Crippen LogP contribution in [-0.4, -0.2) is 36.9 Å². The SMILES string of the molecule is COCCNCCC(C)(O)c1c(C)ccnc1N. The van der Waals surface area contributed by atoms with Crippen LogP contribution in [-0.2, 0) is 10.3 Å². The lowest BCUT2D eigenvalue weighted by atomic mass is 9.89. The summed E-state index contributed by atoms with van der Waals surface area (Å²) < 4.78 is 4.94. The Balaban J connectivity index is 2.62. The van der Waals surface area contributed by atoms with Gasteiger partial charge in [0.05, 0.1) is 12.2 Å². The molecule has 0 saturated heterocycles. The fraction of sp³-hybridized carbons (Fsp3) is 0.615. The Kier molecular flexibility index (Phi) is 5.53. The molecule has 1 heterocycles. The second kappa shape index (κ2) is 6.68. The number of aliphatic hydroxyl groups is 1. The molecule has 0 fully saturated rings. The number of rotatable bonds is 7. The molecule has 4 N–H and O–H groups in total. The van der Waals surface area contributed by atoms with Gasteiger partial charge >= 0.3 is 0 Å². The summed E-state index contributed by atoms with van der Waals surface area (Å²) in [6, 6.07) is 1.86. The molecule has 1 unspecified atom stereocenters. The van der Waals surface area contributed by atoms with Crippen LogP contribution in [0.5, 0.6) is 0 Å². The molecule has 18 heavy (non-hydrogen) atoms. The normalized spacial score (nSPS) is 14.4. The van der Waals surface area contributed by atoms with Crippen LogP contribution in [0.25, 0.3) is 0 Å². The van der Waals surface area contributed by atoms with E-state index in [2.05, 4.69) is 10.3 Å². The van der Waals surface area contributed by atoms with Crippen LogP contribution in [0.1, 0.15) is 24.5 Å². The minimum Gasteiger partial charge on any atom is -0.385 e. The monoisotopic (exact) mass is 253 g/mol. The van der Waals surface area contributed by atoms with Gasteiger partial charge in [-0.15, -0.1) is 0 Å². The number of nitrogens with one attached hydrogen (secondary N) is 1. The Labute approximate surface area is 108 Å². The van der Waals surface area contributed by atoms with Gasteiger partial charge in [0.25, 0.3) is 0 Å². The average molecular weight is 253 g/mol. The molecule has 0 amide bonds. The largest absolute Gasteiger partial charge is 0.385 e. The fourth-order valence-corrected chi connectivity index (χ4v) is 2.04. The lowest BCUT2D eigenvalue weighted by Crippen LogP contribution is -2.31. The molecular weight excluding hydrogens is 230 g/mol. The molecule has 0 aliphatic rings. The molecule has 0 aliphatic carbocycles. The van der Waals surface area contributed by atoms with E-state index >= 15 is 0 Å². The van der Waals surface area contributed by atoms with E-state index in [4.69, 9.17) is 10.5 Å². The average Bonchev–Trinajstić information content (AvgIpc) is 2.28. The maximum atomic E-state index is 10.5. The third kappa shape index (κ3) is 3.94. The van der Waals surface area contributed by atoms with Crippen LogP contribution in [0, 0.1) is 6.92 Å². The van der Waals surface area contributed by atoms with E-state index in [0.717, 1.165) is 17.7 Å². The summed E-state index contributed by atoms with van der Waals surface area (Å²) in [5.41, 5.74) is 6.56. The third-order valence-electron chi connectivity index (χ3n) is 3.00. The first-order valence-electron chi connectivity index (χ1n) is 6.12. The summed E-state index contributed by atoms with van der Waals surface area (Å²) in [7, 11) is 1.66. The van der Waals surface area contributed by atoms with Crippen LogP contribution in [0.15, 0.2) is 12.3 Å². The summed E-state index contributed by atoms with van der Waals surface area (Å²) >= 11 is 0. The van der Waals surface area contributed by atoms with Gasteiger partial charge in [0.1, 0.15) is 5.82 Å². The Morgan fingerprint density at radius 2 is 2.22 bits per heavy atom. The standard InChI is InChI=1S/C13H23N3O2/c1-10-4-6-16-12(14)11(10)13(2,17)5-7-15-8-9-18-3/h4,6,15,17H,5,7-9H2,1-3H3,(H2,14,16). The van der Waals surface area contributed by atoms with Crippen molar-refractivity contribution in [3.8, 4) is 0 Å². The minimum absolute atomic E-state index is 0.400. The number of aryl methyl sites for hydroxylation is 1. The highest BCUT2D eigenvalue weighted by atomic mass is 16.5. The van der Waals surface area contributed by atoms with E-state index in [1.165, 1.54) is 0 Å². The number of hydrogen-bond donors (Lipinski definition) is 3. The first-order valence-corrected chi connectivity index (χ1v) is 6.12. The molecule has 0 bridgehead atoms. The molecule has 5 heteroatoms. The van der Waals surface area contributed by atoms with Crippen molar-refractivity contribution in [3.05, 3.63) is 23.4 Å². The molecule has 1 aromatic rings. The number of ether oxygens (including phenoxy) is 1. The number of anilines is 1. The second-order valence-electron chi connectivity index (χ2n) is 4.65. The topological polar surface area (TPSA) is 80.4 Å². The summed E-state index contributed by atoms with van der Waals surface area (Å²) in [6.45, 7) is 5.83. The molecule has 102 valence electrons.